The smallest absolute Gasteiger partial charge is 0.118 e. The van der Waals surface area contributed by atoms with Crippen molar-refractivity contribution in [2.75, 3.05) is 13.7 Å². The average Bonchev–Trinajstić information content (AvgIpc) is 2.86. The SMILES string of the molecule is CCCNC(c1ccc(OC)cc1)C1CCC(C)O1. The van der Waals surface area contributed by atoms with E-state index in [1.165, 1.54) is 5.56 Å². The molecule has 3 heteroatoms. The van der Waals surface area contributed by atoms with Gasteiger partial charge in [-0.1, -0.05) is 19.1 Å². The minimum atomic E-state index is 0.287. The zero-order chi connectivity index (χ0) is 13.7. The van der Waals surface area contributed by atoms with Crippen molar-refractivity contribution in [3.63, 3.8) is 0 Å². The quantitative estimate of drug-likeness (QED) is 0.854. The number of nitrogens with one attached hydrogen (secondary N) is 1. The predicted molar refractivity (Wildman–Crippen MR) is 77.6 cm³/mol. The molecule has 1 saturated heterocycles. The van der Waals surface area contributed by atoms with Crippen molar-refractivity contribution in [2.45, 2.75) is 51.4 Å². The largest absolute Gasteiger partial charge is 0.497 e. The highest BCUT2D eigenvalue weighted by atomic mass is 16.5. The molecule has 0 amide bonds. The predicted octanol–water partition coefficient (Wildman–Crippen LogP) is 3.30. The van der Waals surface area contributed by atoms with Crippen LogP contribution in [0.25, 0.3) is 0 Å². The number of benzene rings is 1. The summed E-state index contributed by atoms with van der Waals surface area (Å²) < 4.78 is 11.3. The second-order valence-corrected chi connectivity index (χ2v) is 5.27. The highest BCUT2D eigenvalue weighted by Gasteiger charge is 2.30. The lowest BCUT2D eigenvalue weighted by Gasteiger charge is -2.25. The van der Waals surface area contributed by atoms with Crippen LogP contribution in [0.1, 0.15) is 44.7 Å². The maximum Gasteiger partial charge on any atom is 0.118 e. The molecule has 1 heterocycles. The Morgan fingerprint density at radius 1 is 1.32 bits per heavy atom. The Labute approximate surface area is 116 Å². The van der Waals surface area contributed by atoms with Crippen LogP contribution in [0.5, 0.6) is 5.75 Å². The van der Waals surface area contributed by atoms with Gasteiger partial charge in [-0.25, -0.2) is 0 Å². The van der Waals surface area contributed by atoms with E-state index in [0.717, 1.165) is 31.6 Å². The Bertz CT molecular complexity index is 377. The third-order valence-corrected chi connectivity index (χ3v) is 3.73. The van der Waals surface area contributed by atoms with Gasteiger partial charge < -0.3 is 14.8 Å². The summed E-state index contributed by atoms with van der Waals surface area (Å²) in [6.45, 7) is 5.37. The first-order valence-electron chi connectivity index (χ1n) is 7.27. The maximum absolute atomic E-state index is 6.04. The van der Waals surface area contributed by atoms with Crippen LogP contribution in [-0.4, -0.2) is 25.9 Å². The Morgan fingerprint density at radius 3 is 2.58 bits per heavy atom. The maximum atomic E-state index is 6.04. The first-order chi connectivity index (χ1) is 9.24. The molecular formula is C16H25NO2. The monoisotopic (exact) mass is 263 g/mol. The third-order valence-electron chi connectivity index (χ3n) is 3.73. The van der Waals surface area contributed by atoms with Crippen molar-refractivity contribution in [1.82, 2.24) is 5.32 Å². The third kappa shape index (κ3) is 3.71. The van der Waals surface area contributed by atoms with Gasteiger partial charge in [0.15, 0.2) is 0 Å². The number of ether oxygens (including phenoxy) is 2. The summed E-state index contributed by atoms with van der Waals surface area (Å²) in [6, 6.07) is 8.61. The lowest BCUT2D eigenvalue weighted by atomic mass is 9.99. The standard InChI is InChI=1S/C16H25NO2/c1-4-11-17-16(15-10-5-12(2)19-15)13-6-8-14(18-3)9-7-13/h6-9,12,15-17H,4-5,10-11H2,1-3H3. The summed E-state index contributed by atoms with van der Waals surface area (Å²) in [5.74, 6) is 0.902. The van der Waals surface area contributed by atoms with Gasteiger partial charge in [0.1, 0.15) is 5.75 Å². The van der Waals surface area contributed by atoms with Crippen LogP contribution < -0.4 is 10.1 Å². The van der Waals surface area contributed by atoms with Crippen LogP contribution in [0.15, 0.2) is 24.3 Å². The molecule has 1 aliphatic heterocycles. The second kappa shape index (κ2) is 6.92. The Kier molecular flexibility index (Phi) is 5.23. The molecule has 0 aromatic heterocycles. The minimum absolute atomic E-state index is 0.287. The van der Waals surface area contributed by atoms with Gasteiger partial charge >= 0.3 is 0 Å². The molecule has 1 N–H and O–H groups in total. The van der Waals surface area contributed by atoms with Crippen molar-refractivity contribution in [3.8, 4) is 5.75 Å². The minimum Gasteiger partial charge on any atom is -0.497 e. The van der Waals surface area contributed by atoms with Crippen molar-refractivity contribution < 1.29 is 9.47 Å². The molecule has 3 atom stereocenters. The zero-order valence-electron chi connectivity index (χ0n) is 12.2. The molecule has 2 rings (SSSR count). The molecule has 1 aromatic carbocycles. The Balaban J connectivity index is 2.11. The number of hydrogen-bond acceptors (Lipinski definition) is 3. The van der Waals surface area contributed by atoms with Crippen LogP contribution in [0, 0.1) is 0 Å². The lowest BCUT2D eigenvalue weighted by molar-refractivity contribution is 0.0316. The molecule has 1 aromatic rings. The topological polar surface area (TPSA) is 30.5 Å². The van der Waals surface area contributed by atoms with E-state index < -0.39 is 0 Å². The van der Waals surface area contributed by atoms with E-state index in [0.29, 0.717) is 6.10 Å². The highest BCUT2D eigenvalue weighted by molar-refractivity contribution is 5.29. The summed E-state index contributed by atoms with van der Waals surface area (Å²) in [7, 11) is 1.70. The van der Waals surface area contributed by atoms with Crippen LogP contribution in [0.2, 0.25) is 0 Å². The van der Waals surface area contributed by atoms with Gasteiger partial charge in [0.2, 0.25) is 0 Å². The fourth-order valence-corrected chi connectivity index (χ4v) is 2.65. The summed E-state index contributed by atoms with van der Waals surface area (Å²) in [6.07, 6.45) is 4.10. The summed E-state index contributed by atoms with van der Waals surface area (Å²) in [5.41, 5.74) is 1.29. The molecule has 1 aliphatic rings. The Hall–Kier alpha value is -1.06. The fraction of sp³-hybridized carbons (Fsp3) is 0.625. The van der Waals surface area contributed by atoms with Crippen molar-refractivity contribution in [3.05, 3.63) is 29.8 Å². The van der Waals surface area contributed by atoms with Gasteiger partial charge in [0.25, 0.3) is 0 Å². The van der Waals surface area contributed by atoms with E-state index in [1.54, 1.807) is 7.11 Å². The first-order valence-corrected chi connectivity index (χ1v) is 7.27. The van der Waals surface area contributed by atoms with E-state index in [-0.39, 0.29) is 12.1 Å². The molecule has 0 saturated carbocycles. The highest BCUT2D eigenvalue weighted by Crippen LogP contribution is 2.30. The molecule has 0 spiro atoms. The molecule has 1 fully saturated rings. The molecule has 0 radical (unpaired) electrons. The molecule has 0 bridgehead atoms. The van der Waals surface area contributed by atoms with E-state index in [9.17, 15) is 0 Å². The molecule has 19 heavy (non-hydrogen) atoms. The zero-order valence-corrected chi connectivity index (χ0v) is 12.2. The van der Waals surface area contributed by atoms with Gasteiger partial charge in [-0.15, -0.1) is 0 Å². The summed E-state index contributed by atoms with van der Waals surface area (Å²) >= 11 is 0. The molecule has 0 aliphatic carbocycles. The number of hydrogen-bond donors (Lipinski definition) is 1. The number of rotatable bonds is 6. The van der Waals surface area contributed by atoms with Gasteiger partial charge in [0, 0.05) is 0 Å². The van der Waals surface area contributed by atoms with Gasteiger partial charge in [-0.05, 0) is 50.4 Å². The van der Waals surface area contributed by atoms with Crippen LogP contribution in [0.3, 0.4) is 0 Å². The second-order valence-electron chi connectivity index (χ2n) is 5.27. The average molecular weight is 263 g/mol. The molecule has 106 valence electrons. The first kappa shape index (κ1) is 14.4. The molecule has 3 unspecified atom stereocenters. The molecule has 3 nitrogen and oxygen atoms in total. The van der Waals surface area contributed by atoms with Crippen LogP contribution in [0.4, 0.5) is 0 Å². The van der Waals surface area contributed by atoms with Crippen LogP contribution in [-0.2, 0) is 4.74 Å². The normalized spacial score (nSPS) is 24.4. The Morgan fingerprint density at radius 2 is 2.05 bits per heavy atom. The fourth-order valence-electron chi connectivity index (χ4n) is 2.65. The number of methoxy groups -OCH3 is 1. The van der Waals surface area contributed by atoms with Gasteiger partial charge in [0.05, 0.1) is 25.4 Å². The van der Waals surface area contributed by atoms with Crippen molar-refractivity contribution in [2.24, 2.45) is 0 Å². The van der Waals surface area contributed by atoms with E-state index in [2.05, 4.69) is 31.3 Å². The van der Waals surface area contributed by atoms with Crippen molar-refractivity contribution >= 4 is 0 Å². The lowest BCUT2D eigenvalue weighted by Crippen LogP contribution is -2.32. The van der Waals surface area contributed by atoms with Gasteiger partial charge in [-0.3, -0.25) is 0 Å². The summed E-state index contributed by atoms with van der Waals surface area (Å²) in [5, 5.41) is 3.62. The van der Waals surface area contributed by atoms with Gasteiger partial charge in [-0.2, -0.15) is 0 Å². The summed E-state index contributed by atoms with van der Waals surface area (Å²) in [4.78, 5) is 0. The molecular weight excluding hydrogens is 238 g/mol. The van der Waals surface area contributed by atoms with Crippen LogP contribution >= 0.6 is 0 Å². The van der Waals surface area contributed by atoms with Crippen molar-refractivity contribution in [1.29, 1.82) is 0 Å². The van der Waals surface area contributed by atoms with E-state index in [4.69, 9.17) is 9.47 Å². The van der Waals surface area contributed by atoms with E-state index >= 15 is 0 Å². The van der Waals surface area contributed by atoms with E-state index in [1.807, 2.05) is 12.1 Å².